The molecule has 2 aliphatic rings. The zero-order valence-corrected chi connectivity index (χ0v) is 16.6. The first-order valence-electron chi connectivity index (χ1n) is 10.1. The van der Waals surface area contributed by atoms with Crippen molar-refractivity contribution in [2.24, 2.45) is 0 Å². The molecule has 0 radical (unpaired) electrons. The maximum absolute atomic E-state index is 12.9. The van der Waals surface area contributed by atoms with Gasteiger partial charge in [0.2, 0.25) is 0 Å². The van der Waals surface area contributed by atoms with Gasteiger partial charge in [0.25, 0.3) is 5.91 Å². The first-order valence-corrected chi connectivity index (χ1v) is 10.1. The Bertz CT molecular complexity index is 1030. The lowest BCUT2D eigenvalue weighted by atomic mass is 9.88. The van der Waals surface area contributed by atoms with Crippen LogP contribution in [0, 0.1) is 0 Å². The monoisotopic (exact) mass is 387 g/mol. The Morgan fingerprint density at radius 1 is 1.17 bits per heavy atom. The first-order chi connectivity index (χ1) is 14.1. The lowest BCUT2D eigenvalue weighted by Crippen LogP contribution is -2.63. The highest BCUT2D eigenvalue weighted by atomic mass is 16.5. The number of carbonyl (C=O) groups excluding carboxylic acids is 1. The maximum Gasteiger partial charge on any atom is 0.254 e. The molecule has 1 unspecified atom stereocenters. The van der Waals surface area contributed by atoms with E-state index in [1.807, 2.05) is 41.3 Å². The van der Waals surface area contributed by atoms with Gasteiger partial charge in [0.05, 0.1) is 25.2 Å². The molecule has 0 saturated carbocycles. The fourth-order valence-electron chi connectivity index (χ4n) is 4.51. The van der Waals surface area contributed by atoms with Crippen molar-refractivity contribution >= 4 is 16.8 Å². The van der Waals surface area contributed by atoms with Crippen molar-refractivity contribution in [2.75, 3.05) is 26.7 Å². The summed E-state index contributed by atoms with van der Waals surface area (Å²) in [5.74, 6) is 0.0751. The van der Waals surface area contributed by atoms with Gasteiger partial charge in [0, 0.05) is 29.7 Å². The van der Waals surface area contributed by atoms with E-state index < -0.39 is 0 Å². The summed E-state index contributed by atoms with van der Waals surface area (Å²) in [6.07, 6.45) is 2.74. The summed E-state index contributed by atoms with van der Waals surface area (Å²) in [6, 6.07) is 20.5. The normalized spacial score (nSPS) is 20.3. The molecule has 5 rings (SSSR count). The third kappa shape index (κ3) is 3.52. The number of likely N-dealkylation sites (N-methyl/N-ethyl adjacent to an activating group) is 1. The number of amides is 1. The molecular formula is C24H25N3O2. The SMILES string of the molecule is CN(Cc1ccccc1)C1COC2(C1)CN(C(=O)c1ccc3ncccc3c1)C2. The van der Waals surface area contributed by atoms with Crippen LogP contribution in [-0.4, -0.2) is 59.1 Å². The van der Waals surface area contributed by atoms with Crippen LogP contribution in [0.1, 0.15) is 22.3 Å². The van der Waals surface area contributed by atoms with Crippen LogP contribution in [0.4, 0.5) is 0 Å². The molecule has 5 nitrogen and oxygen atoms in total. The summed E-state index contributed by atoms with van der Waals surface area (Å²) in [5, 5.41) is 0.994. The number of likely N-dealkylation sites (tertiary alicyclic amines) is 1. The second-order valence-electron chi connectivity index (χ2n) is 8.32. The van der Waals surface area contributed by atoms with Crippen molar-refractivity contribution in [1.82, 2.24) is 14.8 Å². The zero-order chi connectivity index (χ0) is 19.8. The highest BCUT2D eigenvalue weighted by Gasteiger charge is 2.52. The molecular weight excluding hydrogens is 362 g/mol. The van der Waals surface area contributed by atoms with Crippen LogP contribution in [-0.2, 0) is 11.3 Å². The van der Waals surface area contributed by atoms with E-state index in [4.69, 9.17) is 4.74 Å². The summed E-state index contributed by atoms with van der Waals surface area (Å²) in [5.41, 5.74) is 2.76. The molecule has 5 heteroatoms. The predicted molar refractivity (Wildman–Crippen MR) is 113 cm³/mol. The fraction of sp³-hybridized carbons (Fsp3) is 0.333. The Labute approximate surface area is 170 Å². The lowest BCUT2D eigenvalue weighted by Gasteiger charge is -2.47. The molecule has 2 aromatic carbocycles. The lowest BCUT2D eigenvalue weighted by molar-refractivity contribution is -0.0950. The van der Waals surface area contributed by atoms with Crippen LogP contribution in [0.5, 0.6) is 0 Å². The Morgan fingerprint density at radius 2 is 2.00 bits per heavy atom. The summed E-state index contributed by atoms with van der Waals surface area (Å²) >= 11 is 0. The van der Waals surface area contributed by atoms with Gasteiger partial charge in [0.1, 0.15) is 5.60 Å². The summed E-state index contributed by atoms with van der Waals surface area (Å²) in [4.78, 5) is 21.5. The molecule has 1 amide bonds. The molecule has 2 aliphatic heterocycles. The molecule has 1 spiro atoms. The van der Waals surface area contributed by atoms with Gasteiger partial charge in [-0.25, -0.2) is 0 Å². The van der Waals surface area contributed by atoms with Gasteiger partial charge < -0.3 is 9.64 Å². The van der Waals surface area contributed by atoms with E-state index in [1.165, 1.54) is 5.56 Å². The molecule has 0 aliphatic carbocycles. The van der Waals surface area contributed by atoms with Crippen molar-refractivity contribution in [2.45, 2.75) is 24.6 Å². The van der Waals surface area contributed by atoms with Crippen LogP contribution in [0.2, 0.25) is 0 Å². The smallest absolute Gasteiger partial charge is 0.254 e. The molecule has 148 valence electrons. The number of benzene rings is 2. The number of aromatic nitrogens is 1. The summed E-state index contributed by atoms with van der Waals surface area (Å²) < 4.78 is 6.19. The van der Waals surface area contributed by atoms with E-state index in [2.05, 4.69) is 41.2 Å². The van der Waals surface area contributed by atoms with Gasteiger partial charge in [0.15, 0.2) is 0 Å². The van der Waals surface area contributed by atoms with E-state index in [1.54, 1.807) is 6.20 Å². The number of nitrogens with zero attached hydrogens (tertiary/aromatic N) is 3. The van der Waals surface area contributed by atoms with Crippen LogP contribution in [0.25, 0.3) is 10.9 Å². The molecule has 0 N–H and O–H groups in total. The molecule has 29 heavy (non-hydrogen) atoms. The van der Waals surface area contributed by atoms with E-state index in [0.29, 0.717) is 19.1 Å². The van der Waals surface area contributed by atoms with E-state index in [-0.39, 0.29) is 11.5 Å². The number of pyridine rings is 1. The maximum atomic E-state index is 12.9. The third-order valence-corrected chi connectivity index (χ3v) is 6.18. The van der Waals surface area contributed by atoms with E-state index >= 15 is 0 Å². The molecule has 2 fully saturated rings. The van der Waals surface area contributed by atoms with Crippen molar-refractivity contribution < 1.29 is 9.53 Å². The van der Waals surface area contributed by atoms with Gasteiger partial charge in [-0.2, -0.15) is 0 Å². The van der Waals surface area contributed by atoms with Gasteiger partial charge in [-0.3, -0.25) is 14.7 Å². The van der Waals surface area contributed by atoms with Crippen LogP contribution < -0.4 is 0 Å². The minimum atomic E-state index is -0.177. The molecule has 1 atom stereocenters. The van der Waals surface area contributed by atoms with E-state index in [0.717, 1.165) is 36.0 Å². The minimum absolute atomic E-state index is 0.0751. The molecule has 3 heterocycles. The van der Waals surface area contributed by atoms with Gasteiger partial charge in [-0.05, 0) is 43.3 Å². The quantitative estimate of drug-likeness (QED) is 0.689. The van der Waals surface area contributed by atoms with Crippen molar-refractivity contribution in [3.05, 3.63) is 78.0 Å². The average Bonchev–Trinajstić information content (AvgIpc) is 3.19. The number of ether oxygens (including phenoxy) is 1. The van der Waals surface area contributed by atoms with Gasteiger partial charge in [-0.1, -0.05) is 36.4 Å². The number of hydrogen-bond donors (Lipinski definition) is 0. The van der Waals surface area contributed by atoms with Crippen molar-refractivity contribution in [3.63, 3.8) is 0 Å². The Morgan fingerprint density at radius 3 is 2.83 bits per heavy atom. The standard InChI is InChI=1S/C24H25N3O2/c1-26(14-18-6-3-2-4-7-18)21-13-24(29-15-21)16-27(17-24)23(28)20-9-10-22-19(12-20)8-5-11-25-22/h2-12,21H,13-17H2,1H3. The molecule has 0 bridgehead atoms. The van der Waals surface area contributed by atoms with Crippen LogP contribution in [0.3, 0.4) is 0 Å². The fourth-order valence-corrected chi connectivity index (χ4v) is 4.51. The summed E-state index contributed by atoms with van der Waals surface area (Å²) in [6.45, 7) is 2.99. The summed E-state index contributed by atoms with van der Waals surface area (Å²) in [7, 11) is 2.16. The highest BCUT2D eigenvalue weighted by Crippen LogP contribution is 2.37. The zero-order valence-electron chi connectivity index (χ0n) is 16.6. The van der Waals surface area contributed by atoms with Crippen molar-refractivity contribution in [3.8, 4) is 0 Å². The van der Waals surface area contributed by atoms with Crippen LogP contribution in [0.15, 0.2) is 66.9 Å². The first kappa shape index (κ1) is 18.3. The van der Waals surface area contributed by atoms with E-state index in [9.17, 15) is 4.79 Å². The number of hydrogen-bond acceptors (Lipinski definition) is 4. The number of carbonyl (C=O) groups is 1. The predicted octanol–water partition coefficient (Wildman–Crippen LogP) is 3.35. The minimum Gasteiger partial charge on any atom is -0.370 e. The van der Waals surface area contributed by atoms with Gasteiger partial charge in [-0.15, -0.1) is 0 Å². The van der Waals surface area contributed by atoms with Crippen molar-refractivity contribution in [1.29, 1.82) is 0 Å². The Kier molecular flexibility index (Phi) is 4.57. The third-order valence-electron chi connectivity index (χ3n) is 6.18. The highest BCUT2D eigenvalue weighted by molar-refractivity contribution is 5.98. The molecule has 1 aromatic heterocycles. The topological polar surface area (TPSA) is 45.7 Å². The largest absolute Gasteiger partial charge is 0.370 e. The van der Waals surface area contributed by atoms with Gasteiger partial charge >= 0.3 is 0 Å². The number of fused-ring (bicyclic) bond motifs is 1. The molecule has 3 aromatic rings. The molecule has 2 saturated heterocycles. The number of rotatable bonds is 4. The average molecular weight is 387 g/mol. The Hall–Kier alpha value is -2.76. The second-order valence-corrected chi connectivity index (χ2v) is 8.32. The van der Waals surface area contributed by atoms with Crippen LogP contribution >= 0.6 is 0 Å². The Balaban J connectivity index is 1.20. The second kappa shape index (κ2) is 7.25.